The van der Waals surface area contributed by atoms with Crippen molar-refractivity contribution in [3.63, 3.8) is 0 Å². The Balaban J connectivity index is 2.81. The summed E-state index contributed by atoms with van der Waals surface area (Å²) in [7, 11) is 1.42. The molecule has 0 saturated heterocycles. The van der Waals surface area contributed by atoms with Gasteiger partial charge in [-0.2, -0.15) is 0 Å². The molecule has 1 unspecified atom stereocenters. The highest BCUT2D eigenvalue weighted by Crippen LogP contribution is 2.25. The van der Waals surface area contributed by atoms with Crippen LogP contribution in [0.2, 0.25) is 5.02 Å². The molecule has 1 aromatic rings. The van der Waals surface area contributed by atoms with Crippen molar-refractivity contribution >= 4 is 40.2 Å². The van der Waals surface area contributed by atoms with E-state index in [9.17, 15) is 4.79 Å². The molecule has 1 rings (SSSR count). The summed E-state index contributed by atoms with van der Waals surface area (Å²) in [6.07, 6.45) is -1.01. The van der Waals surface area contributed by atoms with E-state index in [0.29, 0.717) is 10.8 Å². The Morgan fingerprint density at radius 1 is 1.62 bits per heavy atom. The fraction of sp³-hybridized carbons (Fsp3) is 0.300. The monoisotopic (exact) mass is 356 g/mol. The summed E-state index contributed by atoms with van der Waals surface area (Å²) >= 11 is 7.80. The van der Waals surface area contributed by atoms with Gasteiger partial charge in [0.1, 0.15) is 5.75 Å². The van der Waals surface area contributed by atoms with E-state index < -0.39 is 12.1 Å². The number of carbonyl (C=O) groups is 1. The molecule has 1 atom stereocenters. The van der Waals surface area contributed by atoms with Gasteiger partial charge in [-0.15, -0.1) is 0 Å². The molecule has 1 aromatic carbocycles. The number of carboxylic acids is 1. The maximum Gasteiger partial charge on any atom is 0.347 e. The second kappa shape index (κ2) is 6.27. The van der Waals surface area contributed by atoms with Gasteiger partial charge in [-0.1, -0.05) is 11.6 Å². The van der Waals surface area contributed by atoms with Crippen LogP contribution in [0.3, 0.4) is 0 Å². The van der Waals surface area contributed by atoms with Crippen molar-refractivity contribution in [2.75, 3.05) is 13.7 Å². The summed E-state index contributed by atoms with van der Waals surface area (Å²) in [5.74, 6) is -0.581. The first-order chi connectivity index (χ1) is 7.54. The first-order valence-electron chi connectivity index (χ1n) is 4.38. The number of hydrogen-bond acceptors (Lipinski definition) is 3. The lowest BCUT2D eigenvalue weighted by Crippen LogP contribution is -2.31. The van der Waals surface area contributed by atoms with Gasteiger partial charge < -0.3 is 14.6 Å². The normalized spacial score (nSPS) is 12.2. The zero-order valence-corrected chi connectivity index (χ0v) is 11.4. The fourth-order valence-electron chi connectivity index (χ4n) is 1.03. The first-order valence-corrected chi connectivity index (χ1v) is 5.83. The van der Waals surface area contributed by atoms with E-state index in [1.807, 2.05) is 22.6 Å². The molecular weight excluding hydrogens is 346 g/mol. The molecule has 4 nitrogen and oxygen atoms in total. The van der Waals surface area contributed by atoms with E-state index in [4.69, 9.17) is 26.2 Å². The van der Waals surface area contributed by atoms with Gasteiger partial charge in [0, 0.05) is 12.1 Å². The van der Waals surface area contributed by atoms with Crippen molar-refractivity contribution < 1.29 is 19.4 Å². The van der Waals surface area contributed by atoms with Crippen LogP contribution in [0.1, 0.15) is 0 Å². The minimum Gasteiger partial charge on any atom is -0.478 e. The molecular formula is C10H10ClIO4. The second-order valence-electron chi connectivity index (χ2n) is 2.97. The van der Waals surface area contributed by atoms with Gasteiger partial charge in [-0.3, -0.25) is 0 Å². The Kier molecular flexibility index (Phi) is 5.30. The average Bonchev–Trinajstić information content (AvgIpc) is 2.20. The third kappa shape index (κ3) is 3.80. The van der Waals surface area contributed by atoms with Gasteiger partial charge in [-0.05, 0) is 40.8 Å². The molecule has 0 spiro atoms. The van der Waals surface area contributed by atoms with Crippen LogP contribution in [0.25, 0.3) is 0 Å². The molecule has 0 heterocycles. The highest BCUT2D eigenvalue weighted by Gasteiger charge is 2.20. The van der Waals surface area contributed by atoms with Crippen LogP contribution in [0.4, 0.5) is 0 Å². The van der Waals surface area contributed by atoms with Gasteiger partial charge in [0.15, 0.2) is 0 Å². The Labute approximate surface area is 112 Å². The number of benzene rings is 1. The SMILES string of the molecule is COCC(Oc1ccc(Cl)cc1I)C(=O)O. The highest BCUT2D eigenvalue weighted by atomic mass is 127. The molecule has 0 saturated carbocycles. The predicted octanol–water partition coefficient (Wildman–Crippen LogP) is 2.42. The standard InChI is InChI=1S/C10H10ClIO4/c1-15-5-9(10(13)14)16-8-3-2-6(11)4-7(8)12/h2-4,9H,5H2,1H3,(H,13,14). The van der Waals surface area contributed by atoms with E-state index in [2.05, 4.69) is 0 Å². The molecule has 0 bridgehead atoms. The zero-order valence-electron chi connectivity index (χ0n) is 8.44. The van der Waals surface area contributed by atoms with E-state index in [1.54, 1.807) is 18.2 Å². The van der Waals surface area contributed by atoms with Gasteiger partial charge in [0.05, 0.1) is 10.2 Å². The fourth-order valence-corrected chi connectivity index (χ4v) is 2.03. The number of halogens is 2. The maximum absolute atomic E-state index is 10.8. The molecule has 0 amide bonds. The summed E-state index contributed by atoms with van der Waals surface area (Å²) in [4.78, 5) is 10.8. The van der Waals surface area contributed by atoms with Crippen molar-refractivity contribution in [1.29, 1.82) is 0 Å². The molecule has 0 aliphatic carbocycles. The van der Waals surface area contributed by atoms with Crippen LogP contribution in [0.15, 0.2) is 18.2 Å². The van der Waals surface area contributed by atoms with Gasteiger partial charge in [0.25, 0.3) is 0 Å². The van der Waals surface area contributed by atoms with Crippen molar-refractivity contribution in [1.82, 2.24) is 0 Å². The highest BCUT2D eigenvalue weighted by molar-refractivity contribution is 14.1. The lowest BCUT2D eigenvalue weighted by molar-refractivity contribution is -0.147. The number of methoxy groups -OCH3 is 1. The van der Waals surface area contributed by atoms with E-state index >= 15 is 0 Å². The van der Waals surface area contributed by atoms with Gasteiger partial charge >= 0.3 is 5.97 Å². The Morgan fingerprint density at radius 3 is 2.81 bits per heavy atom. The molecule has 1 N–H and O–H groups in total. The lowest BCUT2D eigenvalue weighted by Gasteiger charge is -2.15. The van der Waals surface area contributed by atoms with Crippen LogP contribution in [-0.4, -0.2) is 30.9 Å². The maximum atomic E-state index is 10.8. The summed E-state index contributed by atoms with van der Waals surface area (Å²) in [6.45, 7) is -0.00591. The van der Waals surface area contributed by atoms with Crippen LogP contribution in [0.5, 0.6) is 5.75 Å². The number of rotatable bonds is 5. The van der Waals surface area contributed by atoms with Crippen molar-refractivity contribution in [3.8, 4) is 5.75 Å². The van der Waals surface area contributed by atoms with E-state index in [0.717, 1.165) is 3.57 Å². The molecule has 0 radical (unpaired) electrons. The van der Waals surface area contributed by atoms with Crippen LogP contribution >= 0.6 is 34.2 Å². The van der Waals surface area contributed by atoms with E-state index in [1.165, 1.54) is 7.11 Å². The Morgan fingerprint density at radius 2 is 2.31 bits per heavy atom. The van der Waals surface area contributed by atoms with Crippen LogP contribution in [-0.2, 0) is 9.53 Å². The average molecular weight is 357 g/mol. The quantitative estimate of drug-likeness (QED) is 0.823. The number of aliphatic carboxylic acids is 1. The van der Waals surface area contributed by atoms with Crippen molar-refractivity contribution in [2.24, 2.45) is 0 Å². The van der Waals surface area contributed by atoms with Crippen LogP contribution < -0.4 is 4.74 Å². The van der Waals surface area contributed by atoms with Crippen molar-refractivity contribution in [3.05, 3.63) is 26.8 Å². The number of ether oxygens (including phenoxy) is 2. The topological polar surface area (TPSA) is 55.8 Å². The third-order valence-corrected chi connectivity index (χ3v) is 2.83. The molecule has 16 heavy (non-hydrogen) atoms. The minimum absolute atomic E-state index is 0.00591. The summed E-state index contributed by atoms with van der Waals surface area (Å²) in [5.41, 5.74) is 0. The van der Waals surface area contributed by atoms with Gasteiger partial charge in [-0.25, -0.2) is 4.79 Å². The van der Waals surface area contributed by atoms with Gasteiger partial charge in [0.2, 0.25) is 6.10 Å². The molecule has 88 valence electrons. The number of hydrogen-bond donors (Lipinski definition) is 1. The predicted molar refractivity (Wildman–Crippen MR) is 68.1 cm³/mol. The minimum atomic E-state index is -1.06. The Bertz CT molecular complexity index is 383. The molecule has 0 aromatic heterocycles. The molecule has 0 aliphatic heterocycles. The van der Waals surface area contributed by atoms with Crippen LogP contribution in [0, 0.1) is 3.57 Å². The molecule has 0 aliphatic rings. The van der Waals surface area contributed by atoms with E-state index in [-0.39, 0.29) is 6.61 Å². The second-order valence-corrected chi connectivity index (χ2v) is 4.57. The first kappa shape index (κ1) is 13.5. The molecule has 0 fully saturated rings. The summed E-state index contributed by atoms with van der Waals surface area (Å²) in [6, 6.07) is 4.98. The summed E-state index contributed by atoms with van der Waals surface area (Å²) < 4.78 is 10.8. The summed E-state index contributed by atoms with van der Waals surface area (Å²) in [5, 5.41) is 9.46. The third-order valence-electron chi connectivity index (χ3n) is 1.76. The zero-order chi connectivity index (χ0) is 12.1. The molecule has 6 heteroatoms. The number of carboxylic acid groups (broad SMARTS) is 1. The smallest absolute Gasteiger partial charge is 0.347 e. The van der Waals surface area contributed by atoms with Crippen molar-refractivity contribution in [2.45, 2.75) is 6.10 Å². The Hall–Kier alpha value is -0.530. The lowest BCUT2D eigenvalue weighted by atomic mass is 10.3. The largest absolute Gasteiger partial charge is 0.478 e.